The van der Waals surface area contributed by atoms with Crippen molar-refractivity contribution in [3.05, 3.63) is 39.0 Å². The fraction of sp³-hybridized carbons (Fsp3) is 0.412. The minimum Gasteiger partial charge on any atom is -0.343 e. The molecule has 1 saturated carbocycles. The fourth-order valence-corrected chi connectivity index (χ4v) is 6.69. The number of anilines is 1. The molecule has 12 heteroatoms. The lowest BCUT2D eigenvalue weighted by atomic mass is 9.69. The predicted molar refractivity (Wildman–Crippen MR) is 107 cm³/mol. The Bertz CT molecular complexity index is 1070. The number of hydrogen-bond acceptors (Lipinski definition) is 4. The van der Waals surface area contributed by atoms with Gasteiger partial charge in [0.25, 0.3) is 5.91 Å². The van der Waals surface area contributed by atoms with E-state index >= 15 is 0 Å². The Morgan fingerprint density at radius 2 is 1.83 bits per heavy atom. The van der Waals surface area contributed by atoms with E-state index in [4.69, 9.17) is 0 Å². The molecule has 0 radical (unpaired) electrons. The standard InChI is InChI=1S/C17H16Br2F3N3O3S/c1-16(6-17(21,22)7-16)8-29(27,28)10-5-25(2)14(13(10)20)15(26)23-9-3-11(18)24-12(19)4-9/h3-5H,6-8H2,1-2H3,(H,23,24,26). The number of aryl methyl sites for hydroxylation is 1. The molecule has 1 fully saturated rings. The highest BCUT2D eigenvalue weighted by atomic mass is 79.9. The topological polar surface area (TPSA) is 81.1 Å². The second-order valence-electron chi connectivity index (χ2n) is 7.50. The Morgan fingerprint density at radius 1 is 1.28 bits per heavy atom. The van der Waals surface area contributed by atoms with E-state index in [0.29, 0.717) is 14.9 Å². The van der Waals surface area contributed by atoms with Gasteiger partial charge in [-0.15, -0.1) is 0 Å². The summed E-state index contributed by atoms with van der Waals surface area (Å²) in [6, 6.07) is 2.97. The average Bonchev–Trinajstić information content (AvgIpc) is 2.78. The minimum atomic E-state index is -4.22. The van der Waals surface area contributed by atoms with Crippen molar-refractivity contribution in [1.82, 2.24) is 9.55 Å². The Balaban J connectivity index is 1.87. The molecule has 1 aliphatic rings. The maximum atomic E-state index is 14.9. The van der Waals surface area contributed by atoms with Crippen LogP contribution in [-0.4, -0.2) is 35.6 Å². The number of amides is 1. The van der Waals surface area contributed by atoms with Gasteiger partial charge in [-0.3, -0.25) is 4.79 Å². The highest BCUT2D eigenvalue weighted by Gasteiger charge is 2.55. The number of hydrogen-bond donors (Lipinski definition) is 1. The third-order valence-corrected chi connectivity index (χ3v) is 7.41. The number of aromatic nitrogens is 2. The van der Waals surface area contributed by atoms with Gasteiger partial charge in [-0.25, -0.2) is 26.6 Å². The zero-order chi connectivity index (χ0) is 21.8. The van der Waals surface area contributed by atoms with Gasteiger partial charge in [0.2, 0.25) is 5.92 Å². The summed E-state index contributed by atoms with van der Waals surface area (Å²) in [5.74, 6) is -5.61. The molecule has 3 rings (SSSR count). The van der Waals surface area contributed by atoms with Gasteiger partial charge in [0.05, 0.1) is 5.75 Å². The van der Waals surface area contributed by atoms with E-state index in [9.17, 15) is 26.4 Å². The monoisotopic (exact) mass is 557 g/mol. The Kier molecular flexibility index (Phi) is 5.67. The van der Waals surface area contributed by atoms with Gasteiger partial charge in [0.15, 0.2) is 15.7 Å². The van der Waals surface area contributed by atoms with Crippen molar-refractivity contribution in [1.29, 1.82) is 0 Å². The molecule has 0 atom stereocenters. The van der Waals surface area contributed by atoms with E-state index in [1.807, 2.05) is 0 Å². The molecular weight excluding hydrogens is 543 g/mol. The van der Waals surface area contributed by atoms with Gasteiger partial charge in [-0.2, -0.15) is 0 Å². The first-order chi connectivity index (χ1) is 13.2. The van der Waals surface area contributed by atoms with E-state index in [-0.39, 0.29) is 0 Å². The van der Waals surface area contributed by atoms with Crippen LogP contribution in [0.2, 0.25) is 0 Å². The first-order valence-corrected chi connectivity index (χ1v) is 11.6. The highest BCUT2D eigenvalue weighted by Crippen LogP contribution is 2.52. The normalized spacial score (nSPS) is 17.6. The SMILES string of the molecule is Cn1cc(S(=O)(=O)CC2(C)CC(F)(F)C2)c(F)c1C(=O)Nc1cc(Br)nc(Br)c1. The molecule has 0 aliphatic heterocycles. The zero-order valence-corrected chi connectivity index (χ0v) is 19.3. The van der Waals surface area contributed by atoms with Crippen molar-refractivity contribution < 1.29 is 26.4 Å². The number of carbonyl (C=O) groups excluding carboxylic acids is 1. The molecule has 1 aliphatic carbocycles. The number of alkyl halides is 2. The van der Waals surface area contributed by atoms with Crippen LogP contribution in [0.15, 0.2) is 32.4 Å². The minimum absolute atomic E-state index is 0.304. The molecule has 0 unspecified atom stereocenters. The molecule has 1 amide bonds. The number of rotatable bonds is 5. The summed E-state index contributed by atoms with van der Waals surface area (Å²) in [6.07, 6.45) is -0.169. The first kappa shape index (κ1) is 22.3. The van der Waals surface area contributed by atoms with Crippen LogP contribution in [0.3, 0.4) is 0 Å². The molecule has 0 spiro atoms. The van der Waals surface area contributed by atoms with Gasteiger partial charge < -0.3 is 9.88 Å². The number of sulfone groups is 1. The molecule has 6 nitrogen and oxygen atoms in total. The smallest absolute Gasteiger partial charge is 0.275 e. The first-order valence-electron chi connectivity index (χ1n) is 8.31. The van der Waals surface area contributed by atoms with Crippen molar-refractivity contribution in [2.24, 2.45) is 12.5 Å². The molecular formula is C17H16Br2F3N3O3S. The van der Waals surface area contributed by atoms with Gasteiger partial charge in [0, 0.05) is 31.8 Å². The largest absolute Gasteiger partial charge is 0.343 e. The van der Waals surface area contributed by atoms with Gasteiger partial charge in [-0.05, 0) is 49.4 Å². The summed E-state index contributed by atoms with van der Waals surface area (Å²) >= 11 is 6.32. The summed E-state index contributed by atoms with van der Waals surface area (Å²) in [7, 11) is -2.89. The second kappa shape index (κ2) is 7.38. The summed E-state index contributed by atoms with van der Waals surface area (Å²) in [5, 5.41) is 2.47. The van der Waals surface area contributed by atoms with Crippen LogP contribution >= 0.6 is 31.9 Å². The number of halogens is 5. The van der Waals surface area contributed by atoms with Gasteiger partial charge >= 0.3 is 0 Å². The lowest BCUT2D eigenvalue weighted by Crippen LogP contribution is -2.47. The van der Waals surface area contributed by atoms with Crippen molar-refractivity contribution in [2.75, 3.05) is 11.1 Å². The van der Waals surface area contributed by atoms with Crippen LogP contribution < -0.4 is 5.32 Å². The predicted octanol–water partition coefficient (Wildman–Crippen LogP) is 4.55. The number of pyridine rings is 1. The van der Waals surface area contributed by atoms with Crippen molar-refractivity contribution in [3.8, 4) is 0 Å². The second-order valence-corrected chi connectivity index (χ2v) is 11.1. The van der Waals surface area contributed by atoms with Crippen molar-refractivity contribution >= 4 is 53.3 Å². The van der Waals surface area contributed by atoms with E-state index in [2.05, 4.69) is 42.2 Å². The molecule has 158 valence electrons. The molecule has 29 heavy (non-hydrogen) atoms. The lowest BCUT2D eigenvalue weighted by molar-refractivity contribution is -0.144. The molecule has 1 N–H and O–H groups in total. The Hall–Kier alpha value is -1.40. The lowest BCUT2D eigenvalue weighted by Gasteiger charge is -2.44. The van der Waals surface area contributed by atoms with Crippen molar-refractivity contribution in [3.63, 3.8) is 0 Å². The summed E-state index contributed by atoms with van der Waals surface area (Å²) < 4.78 is 68.5. The average molecular weight is 559 g/mol. The number of carbonyl (C=O) groups is 1. The van der Waals surface area contributed by atoms with Gasteiger partial charge in [0.1, 0.15) is 19.8 Å². The molecule has 2 aromatic rings. The summed E-state index contributed by atoms with van der Waals surface area (Å²) in [4.78, 5) is 15.9. The summed E-state index contributed by atoms with van der Waals surface area (Å²) in [6.45, 7) is 1.43. The van der Waals surface area contributed by atoms with E-state index in [1.165, 1.54) is 26.1 Å². The molecule has 2 heterocycles. The zero-order valence-electron chi connectivity index (χ0n) is 15.3. The number of nitrogens with zero attached hydrogens (tertiary/aromatic N) is 2. The summed E-state index contributed by atoms with van der Waals surface area (Å²) in [5.41, 5.74) is -1.32. The highest BCUT2D eigenvalue weighted by molar-refractivity contribution is 9.11. The van der Waals surface area contributed by atoms with Crippen LogP contribution in [0.5, 0.6) is 0 Å². The maximum Gasteiger partial charge on any atom is 0.275 e. The van der Waals surface area contributed by atoms with E-state index in [1.54, 1.807) is 0 Å². The maximum absolute atomic E-state index is 14.9. The number of nitrogens with one attached hydrogen (secondary N) is 1. The molecule has 2 aromatic heterocycles. The third-order valence-electron chi connectivity index (χ3n) is 4.57. The van der Waals surface area contributed by atoms with Crippen LogP contribution in [0.4, 0.5) is 18.9 Å². The Labute approximate surface area is 182 Å². The van der Waals surface area contributed by atoms with Crippen LogP contribution in [0.1, 0.15) is 30.3 Å². The molecule has 0 bridgehead atoms. The van der Waals surface area contributed by atoms with Crippen LogP contribution in [0.25, 0.3) is 0 Å². The van der Waals surface area contributed by atoms with E-state index < -0.39 is 62.1 Å². The quantitative estimate of drug-likeness (QED) is 0.546. The van der Waals surface area contributed by atoms with Crippen molar-refractivity contribution in [2.45, 2.75) is 30.6 Å². The third kappa shape index (κ3) is 4.69. The van der Waals surface area contributed by atoms with Gasteiger partial charge in [-0.1, -0.05) is 6.92 Å². The molecule has 0 aromatic carbocycles. The Morgan fingerprint density at radius 3 is 2.34 bits per heavy atom. The van der Waals surface area contributed by atoms with E-state index in [0.717, 1.165) is 10.8 Å². The van der Waals surface area contributed by atoms with Crippen LogP contribution in [-0.2, 0) is 16.9 Å². The van der Waals surface area contributed by atoms with Crippen LogP contribution in [0, 0.1) is 11.2 Å². The molecule has 0 saturated heterocycles. The fourth-order valence-electron chi connectivity index (χ4n) is 3.61.